The Hall–Kier alpha value is -2.56. The maximum Gasteiger partial charge on any atom is 0.330 e. The fourth-order valence-corrected chi connectivity index (χ4v) is 3.19. The molecule has 0 saturated carbocycles. The number of allylic oxidation sites excluding steroid dienone is 1. The van der Waals surface area contributed by atoms with Crippen LogP contribution < -0.4 is 5.32 Å². The molecule has 1 unspecified atom stereocenters. The Kier molecular flexibility index (Phi) is 3.94. The normalized spacial score (nSPS) is 20.5. The number of nitrogens with zero attached hydrogens (tertiary/aromatic N) is 1. The van der Waals surface area contributed by atoms with Gasteiger partial charge in [0.05, 0.1) is 11.3 Å². The number of nitrogens with one attached hydrogen (secondary N) is 1. The molecule has 0 bridgehead atoms. The van der Waals surface area contributed by atoms with Gasteiger partial charge in [0, 0.05) is 31.8 Å². The molecule has 0 radical (unpaired) electrons. The lowest BCUT2D eigenvalue weighted by atomic mass is 9.86. The van der Waals surface area contributed by atoms with Gasteiger partial charge in [0.25, 0.3) is 0 Å². The van der Waals surface area contributed by atoms with Gasteiger partial charge in [-0.1, -0.05) is 24.3 Å². The molecule has 1 heterocycles. The zero-order valence-corrected chi connectivity index (χ0v) is 13.3. The molecular formula is C18H20N2O3. The van der Waals surface area contributed by atoms with Gasteiger partial charge in [-0.25, -0.2) is 4.79 Å². The van der Waals surface area contributed by atoms with Crippen LogP contribution in [0.3, 0.4) is 0 Å². The molecule has 1 aliphatic heterocycles. The summed E-state index contributed by atoms with van der Waals surface area (Å²) in [5.41, 5.74) is 3.98. The number of ketones is 1. The molecule has 1 aromatic rings. The van der Waals surface area contributed by atoms with Crippen LogP contribution in [0.15, 0.2) is 41.6 Å². The Morgan fingerprint density at radius 1 is 1.26 bits per heavy atom. The number of aryl methyl sites for hydroxylation is 1. The summed E-state index contributed by atoms with van der Waals surface area (Å²) in [6.07, 6.45) is 3.70. The topological polar surface area (TPSA) is 69.6 Å². The first-order valence-corrected chi connectivity index (χ1v) is 7.73. The Labute approximate surface area is 135 Å². The molecule has 0 saturated heterocycles. The Balaban J connectivity index is 2.25. The van der Waals surface area contributed by atoms with Crippen LogP contribution in [-0.4, -0.2) is 41.9 Å². The smallest absolute Gasteiger partial charge is 0.330 e. The van der Waals surface area contributed by atoms with Crippen molar-refractivity contribution in [3.05, 3.63) is 52.7 Å². The number of hydrogen-bond donors (Lipinski definition) is 2. The van der Waals surface area contributed by atoms with Crippen molar-refractivity contribution in [1.82, 2.24) is 10.2 Å². The highest BCUT2D eigenvalue weighted by Gasteiger charge is 2.32. The predicted molar refractivity (Wildman–Crippen MR) is 87.6 cm³/mol. The van der Waals surface area contributed by atoms with Gasteiger partial charge in [-0.2, -0.15) is 0 Å². The number of hydrogen-bond acceptors (Lipinski definition) is 4. The SMILES string of the molecule is CN(C)C1=CC(C(=O)O)NC2=C1C(=O)CCCc1ccccc12. The molecule has 5 nitrogen and oxygen atoms in total. The first-order chi connectivity index (χ1) is 11.0. The van der Waals surface area contributed by atoms with Crippen LogP contribution in [0.1, 0.15) is 24.0 Å². The van der Waals surface area contributed by atoms with Crippen molar-refractivity contribution in [2.75, 3.05) is 14.1 Å². The highest BCUT2D eigenvalue weighted by atomic mass is 16.4. The average molecular weight is 312 g/mol. The molecule has 1 atom stereocenters. The molecule has 23 heavy (non-hydrogen) atoms. The minimum Gasteiger partial charge on any atom is -0.479 e. The summed E-state index contributed by atoms with van der Waals surface area (Å²) in [6.45, 7) is 0. The molecule has 2 N–H and O–H groups in total. The standard InChI is InChI=1S/C18H20N2O3/c1-20(2)14-10-13(18(22)23)19-17-12-8-4-3-6-11(12)7-5-9-15(21)16(14)17/h3-4,6,8,10,13,19H,5,7,9H2,1-2H3,(H,22,23). The van der Waals surface area contributed by atoms with E-state index in [-0.39, 0.29) is 5.78 Å². The largest absolute Gasteiger partial charge is 0.479 e. The fourth-order valence-electron chi connectivity index (χ4n) is 3.19. The summed E-state index contributed by atoms with van der Waals surface area (Å²) in [5.74, 6) is -0.895. The summed E-state index contributed by atoms with van der Waals surface area (Å²) in [7, 11) is 3.66. The van der Waals surface area contributed by atoms with Gasteiger partial charge in [0.2, 0.25) is 0 Å². The van der Waals surface area contributed by atoms with E-state index >= 15 is 0 Å². The van der Waals surface area contributed by atoms with Crippen LogP contribution in [0, 0.1) is 0 Å². The van der Waals surface area contributed by atoms with Crippen molar-refractivity contribution in [3.8, 4) is 0 Å². The second-order valence-electron chi connectivity index (χ2n) is 6.09. The number of rotatable bonds is 2. The van der Waals surface area contributed by atoms with Crippen molar-refractivity contribution in [3.63, 3.8) is 0 Å². The molecule has 0 fully saturated rings. The van der Waals surface area contributed by atoms with Gasteiger partial charge in [-0.3, -0.25) is 4.79 Å². The predicted octanol–water partition coefficient (Wildman–Crippen LogP) is 1.80. The van der Waals surface area contributed by atoms with Gasteiger partial charge in [0.1, 0.15) is 6.04 Å². The van der Waals surface area contributed by atoms with Crippen LogP contribution in [0.25, 0.3) is 5.70 Å². The molecule has 0 aromatic heterocycles. The number of carboxylic acid groups (broad SMARTS) is 1. The summed E-state index contributed by atoms with van der Waals surface area (Å²) in [5, 5.41) is 12.5. The number of benzene rings is 1. The van der Waals surface area contributed by atoms with Gasteiger partial charge in [-0.05, 0) is 24.5 Å². The molecule has 1 aromatic carbocycles. The van der Waals surface area contributed by atoms with Gasteiger partial charge < -0.3 is 15.3 Å². The van der Waals surface area contributed by atoms with Crippen LogP contribution in [0.2, 0.25) is 0 Å². The minimum atomic E-state index is -0.956. The highest BCUT2D eigenvalue weighted by Crippen LogP contribution is 2.33. The first-order valence-electron chi connectivity index (χ1n) is 7.73. The van der Waals surface area contributed by atoms with Gasteiger partial charge >= 0.3 is 5.97 Å². The second-order valence-corrected chi connectivity index (χ2v) is 6.09. The Bertz CT molecular complexity index is 732. The van der Waals surface area contributed by atoms with E-state index in [0.717, 1.165) is 24.0 Å². The fraction of sp³-hybridized carbons (Fsp3) is 0.333. The summed E-state index contributed by atoms with van der Waals surface area (Å²) >= 11 is 0. The number of fused-ring (bicyclic) bond motifs is 2. The van der Waals surface area contributed by atoms with Gasteiger partial charge in [0.15, 0.2) is 5.78 Å². The number of carbonyl (C=O) groups is 2. The van der Waals surface area contributed by atoms with Crippen molar-refractivity contribution < 1.29 is 14.7 Å². The monoisotopic (exact) mass is 312 g/mol. The summed E-state index contributed by atoms with van der Waals surface area (Å²) in [6, 6.07) is 7.05. The molecule has 2 aliphatic rings. The van der Waals surface area contributed by atoms with Gasteiger partial charge in [-0.15, -0.1) is 0 Å². The third kappa shape index (κ3) is 2.74. The quantitative estimate of drug-likeness (QED) is 0.871. The Morgan fingerprint density at radius 3 is 2.70 bits per heavy atom. The lowest BCUT2D eigenvalue weighted by molar-refractivity contribution is -0.138. The van der Waals surface area contributed by atoms with E-state index < -0.39 is 12.0 Å². The molecule has 0 spiro atoms. The number of Topliss-reactive ketones (excluding diaryl/α,β-unsaturated/α-hetero) is 1. The van der Waals surface area contributed by atoms with Crippen molar-refractivity contribution in [2.24, 2.45) is 0 Å². The average Bonchev–Trinajstić information content (AvgIpc) is 2.52. The molecule has 5 heteroatoms. The zero-order valence-electron chi connectivity index (χ0n) is 13.3. The van der Waals surface area contributed by atoms with Crippen LogP contribution in [0.4, 0.5) is 0 Å². The lowest BCUT2D eigenvalue weighted by Gasteiger charge is -2.32. The summed E-state index contributed by atoms with van der Waals surface area (Å²) < 4.78 is 0. The van der Waals surface area contributed by atoms with Crippen LogP contribution >= 0.6 is 0 Å². The van der Waals surface area contributed by atoms with E-state index in [1.165, 1.54) is 0 Å². The highest BCUT2D eigenvalue weighted by molar-refractivity contribution is 6.08. The molecular weight excluding hydrogens is 292 g/mol. The molecule has 1 aliphatic carbocycles. The van der Waals surface area contributed by atoms with Crippen molar-refractivity contribution >= 4 is 17.4 Å². The second kappa shape index (κ2) is 5.91. The van der Waals surface area contributed by atoms with E-state index in [2.05, 4.69) is 5.32 Å². The summed E-state index contributed by atoms with van der Waals surface area (Å²) in [4.78, 5) is 26.0. The third-order valence-electron chi connectivity index (χ3n) is 4.29. The number of dihydropyridines is 1. The first kappa shape index (κ1) is 15.3. The van der Waals surface area contributed by atoms with E-state index in [1.807, 2.05) is 43.3 Å². The number of likely N-dealkylation sites (N-methyl/N-ethyl adjacent to an activating group) is 1. The van der Waals surface area contributed by atoms with E-state index in [4.69, 9.17) is 0 Å². The Morgan fingerprint density at radius 2 is 2.00 bits per heavy atom. The molecule has 3 rings (SSSR count). The molecule has 0 amide bonds. The van der Waals surface area contributed by atoms with E-state index in [0.29, 0.717) is 23.4 Å². The lowest BCUT2D eigenvalue weighted by Crippen LogP contribution is -2.40. The maximum absolute atomic E-state index is 12.7. The van der Waals surface area contributed by atoms with E-state index in [1.54, 1.807) is 6.08 Å². The third-order valence-corrected chi connectivity index (χ3v) is 4.29. The zero-order chi connectivity index (χ0) is 16.6. The van der Waals surface area contributed by atoms with Crippen LogP contribution in [0.5, 0.6) is 0 Å². The number of carboxylic acids is 1. The van der Waals surface area contributed by atoms with Crippen molar-refractivity contribution in [1.29, 1.82) is 0 Å². The van der Waals surface area contributed by atoms with E-state index in [9.17, 15) is 14.7 Å². The minimum absolute atomic E-state index is 0.0609. The number of carbonyl (C=O) groups excluding carboxylic acids is 1. The molecule has 120 valence electrons. The maximum atomic E-state index is 12.7. The van der Waals surface area contributed by atoms with Crippen molar-refractivity contribution in [2.45, 2.75) is 25.3 Å². The van der Waals surface area contributed by atoms with Crippen LogP contribution in [-0.2, 0) is 16.0 Å². The number of aliphatic carboxylic acids is 1.